The Morgan fingerprint density at radius 2 is 1.88 bits per heavy atom. The predicted octanol–water partition coefficient (Wildman–Crippen LogP) is 5.22. The summed E-state index contributed by atoms with van der Waals surface area (Å²) in [6.07, 6.45) is 8.28. The zero-order valence-corrected chi connectivity index (χ0v) is 15.3. The van der Waals surface area contributed by atoms with Crippen LogP contribution >= 0.6 is 11.8 Å². The molecule has 0 amide bonds. The van der Waals surface area contributed by atoms with Crippen LogP contribution in [0.4, 0.5) is 0 Å². The Morgan fingerprint density at radius 3 is 2.64 bits per heavy atom. The monoisotopic (exact) mass is 353 g/mol. The normalized spacial score (nSPS) is 15.6. The summed E-state index contributed by atoms with van der Waals surface area (Å²) in [5.41, 5.74) is 2.96. The van der Waals surface area contributed by atoms with Gasteiger partial charge in [-0.05, 0) is 49.6 Å². The molecule has 0 saturated heterocycles. The first kappa shape index (κ1) is 16.5. The molecule has 3 aromatic rings. The van der Waals surface area contributed by atoms with Gasteiger partial charge in [-0.1, -0.05) is 25.5 Å². The van der Waals surface area contributed by atoms with Gasteiger partial charge in [0.25, 0.3) is 0 Å². The maximum Gasteiger partial charge on any atom is 0.232 e. The first-order chi connectivity index (χ1) is 12.3. The molecule has 0 spiro atoms. The number of benzene rings is 1. The molecule has 0 unspecified atom stereocenters. The third-order valence-electron chi connectivity index (χ3n) is 4.64. The average Bonchev–Trinajstić information content (AvgIpc) is 3.07. The lowest BCUT2D eigenvalue weighted by molar-refractivity contribution is 0.147. The van der Waals surface area contributed by atoms with E-state index in [4.69, 9.17) is 9.84 Å². The number of hydrogen-bond acceptors (Lipinski definition) is 4. The molecule has 1 aliphatic rings. The molecule has 5 heteroatoms. The summed E-state index contributed by atoms with van der Waals surface area (Å²) in [5, 5.41) is 4.69. The third-order valence-corrected chi connectivity index (χ3v) is 5.53. The fourth-order valence-electron chi connectivity index (χ4n) is 3.36. The summed E-state index contributed by atoms with van der Waals surface area (Å²) in [7, 11) is 0. The van der Waals surface area contributed by atoms with Crippen molar-refractivity contribution in [1.82, 2.24) is 14.6 Å². The van der Waals surface area contributed by atoms with Gasteiger partial charge >= 0.3 is 0 Å². The number of fused-ring (bicyclic) bond motifs is 1. The van der Waals surface area contributed by atoms with Gasteiger partial charge in [-0.2, -0.15) is 0 Å². The van der Waals surface area contributed by atoms with E-state index in [1.165, 1.54) is 24.2 Å². The SMILES string of the molecule is CCSc1ccc(-c2cnc3ccc(OC4CCCCC4)nn23)cc1. The van der Waals surface area contributed by atoms with Crippen LogP contribution in [0.15, 0.2) is 47.5 Å². The van der Waals surface area contributed by atoms with E-state index in [1.54, 1.807) is 0 Å². The van der Waals surface area contributed by atoms with E-state index in [1.807, 2.05) is 34.6 Å². The molecule has 2 aromatic heterocycles. The quantitative estimate of drug-likeness (QED) is 0.590. The van der Waals surface area contributed by atoms with E-state index in [9.17, 15) is 0 Å². The van der Waals surface area contributed by atoms with Gasteiger partial charge in [0, 0.05) is 16.5 Å². The Kier molecular flexibility index (Phi) is 4.92. The number of hydrogen-bond donors (Lipinski definition) is 0. The van der Waals surface area contributed by atoms with Crippen molar-refractivity contribution in [3.63, 3.8) is 0 Å². The molecule has 0 atom stereocenters. The van der Waals surface area contributed by atoms with Crippen LogP contribution < -0.4 is 4.74 Å². The Labute approximate surface area is 152 Å². The predicted molar refractivity (Wildman–Crippen MR) is 102 cm³/mol. The highest BCUT2D eigenvalue weighted by atomic mass is 32.2. The lowest BCUT2D eigenvalue weighted by atomic mass is 9.98. The summed E-state index contributed by atoms with van der Waals surface area (Å²) in [4.78, 5) is 5.77. The van der Waals surface area contributed by atoms with Crippen LogP contribution in [0.2, 0.25) is 0 Å². The molecule has 1 fully saturated rings. The Hall–Kier alpha value is -2.01. The number of nitrogens with zero attached hydrogens (tertiary/aromatic N) is 3. The first-order valence-electron chi connectivity index (χ1n) is 9.08. The molecule has 0 radical (unpaired) electrons. The van der Waals surface area contributed by atoms with Gasteiger partial charge in [0.1, 0.15) is 6.10 Å². The van der Waals surface area contributed by atoms with Crippen LogP contribution in [0.5, 0.6) is 5.88 Å². The van der Waals surface area contributed by atoms with Crippen LogP contribution in [-0.2, 0) is 0 Å². The smallest absolute Gasteiger partial charge is 0.232 e. The van der Waals surface area contributed by atoms with Gasteiger partial charge in [0.2, 0.25) is 5.88 Å². The van der Waals surface area contributed by atoms with Crippen LogP contribution in [0.3, 0.4) is 0 Å². The van der Waals surface area contributed by atoms with E-state index in [-0.39, 0.29) is 0 Å². The van der Waals surface area contributed by atoms with Gasteiger partial charge in [-0.15, -0.1) is 16.9 Å². The molecule has 1 aromatic carbocycles. The fourth-order valence-corrected chi connectivity index (χ4v) is 4.02. The Balaban J connectivity index is 1.61. The zero-order valence-electron chi connectivity index (χ0n) is 14.5. The van der Waals surface area contributed by atoms with Crippen molar-refractivity contribution in [2.75, 3.05) is 5.75 Å². The standard InChI is InChI=1S/C20H23N3OS/c1-2-25-17-10-8-15(9-11-17)18-14-21-19-12-13-20(22-23(18)19)24-16-6-4-3-5-7-16/h8-14,16H,2-7H2,1H3. The van der Waals surface area contributed by atoms with Crippen molar-refractivity contribution in [1.29, 1.82) is 0 Å². The van der Waals surface area contributed by atoms with Gasteiger partial charge < -0.3 is 4.74 Å². The van der Waals surface area contributed by atoms with Gasteiger partial charge in [-0.25, -0.2) is 9.50 Å². The van der Waals surface area contributed by atoms with Crippen molar-refractivity contribution in [3.8, 4) is 17.1 Å². The molecule has 1 saturated carbocycles. The summed E-state index contributed by atoms with van der Waals surface area (Å²) in [6.45, 7) is 2.17. The number of rotatable bonds is 5. The molecule has 25 heavy (non-hydrogen) atoms. The number of thioether (sulfide) groups is 1. The minimum atomic E-state index is 0.302. The van der Waals surface area contributed by atoms with Gasteiger partial charge in [0.05, 0.1) is 11.9 Å². The molecule has 0 N–H and O–H groups in total. The zero-order chi connectivity index (χ0) is 17.1. The maximum atomic E-state index is 6.11. The van der Waals surface area contributed by atoms with Crippen molar-refractivity contribution < 1.29 is 4.74 Å². The van der Waals surface area contributed by atoms with Crippen molar-refractivity contribution in [2.45, 2.75) is 50.0 Å². The second-order valence-electron chi connectivity index (χ2n) is 6.42. The molecule has 0 aliphatic heterocycles. The second kappa shape index (κ2) is 7.48. The number of aromatic nitrogens is 3. The largest absolute Gasteiger partial charge is 0.473 e. The molecule has 4 rings (SSSR count). The maximum absolute atomic E-state index is 6.11. The molecule has 0 bridgehead atoms. The lowest BCUT2D eigenvalue weighted by Gasteiger charge is -2.22. The molecule has 130 valence electrons. The summed E-state index contributed by atoms with van der Waals surface area (Å²) >= 11 is 1.85. The first-order valence-corrected chi connectivity index (χ1v) is 10.1. The van der Waals surface area contributed by atoms with E-state index in [0.29, 0.717) is 12.0 Å². The van der Waals surface area contributed by atoms with E-state index in [0.717, 1.165) is 35.5 Å². The lowest BCUT2D eigenvalue weighted by Crippen LogP contribution is -2.20. The Morgan fingerprint density at radius 1 is 1.08 bits per heavy atom. The number of ether oxygens (including phenoxy) is 1. The average molecular weight is 353 g/mol. The van der Waals surface area contributed by atoms with Gasteiger partial charge in [-0.3, -0.25) is 0 Å². The van der Waals surface area contributed by atoms with Crippen molar-refractivity contribution >= 4 is 17.4 Å². The van der Waals surface area contributed by atoms with Crippen molar-refractivity contribution in [3.05, 3.63) is 42.6 Å². The minimum Gasteiger partial charge on any atom is -0.473 e. The minimum absolute atomic E-state index is 0.302. The number of imidazole rings is 1. The highest BCUT2D eigenvalue weighted by Gasteiger charge is 2.16. The topological polar surface area (TPSA) is 39.4 Å². The van der Waals surface area contributed by atoms with Crippen LogP contribution in [-0.4, -0.2) is 26.5 Å². The van der Waals surface area contributed by atoms with Crippen LogP contribution in [0.25, 0.3) is 16.9 Å². The van der Waals surface area contributed by atoms with Crippen molar-refractivity contribution in [2.24, 2.45) is 0 Å². The highest BCUT2D eigenvalue weighted by Crippen LogP contribution is 2.26. The molecular formula is C20H23N3OS. The molecule has 2 heterocycles. The molecule has 4 nitrogen and oxygen atoms in total. The fraction of sp³-hybridized carbons (Fsp3) is 0.400. The van der Waals surface area contributed by atoms with E-state index in [2.05, 4.69) is 36.2 Å². The van der Waals surface area contributed by atoms with E-state index < -0.39 is 0 Å². The van der Waals surface area contributed by atoms with Crippen LogP contribution in [0.1, 0.15) is 39.0 Å². The third kappa shape index (κ3) is 3.66. The second-order valence-corrected chi connectivity index (χ2v) is 7.76. The molecule has 1 aliphatic carbocycles. The molecular weight excluding hydrogens is 330 g/mol. The van der Waals surface area contributed by atoms with Gasteiger partial charge in [0.15, 0.2) is 5.65 Å². The summed E-state index contributed by atoms with van der Waals surface area (Å²) < 4.78 is 8.00. The van der Waals surface area contributed by atoms with E-state index >= 15 is 0 Å². The highest BCUT2D eigenvalue weighted by molar-refractivity contribution is 7.99. The summed E-state index contributed by atoms with van der Waals surface area (Å²) in [6, 6.07) is 12.5. The summed E-state index contributed by atoms with van der Waals surface area (Å²) in [5.74, 6) is 1.77. The van der Waals surface area contributed by atoms with Crippen LogP contribution in [0, 0.1) is 0 Å². The Bertz CT molecular complexity index is 838.